The molecule has 0 radical (unpaired) electrons. The number of carbonyl (C=O) groups excluding carboxylic acids is 1. The normalized spacial score (nSPS) is 10.6. The van der Waals surface area contributed by atoms with Gasteiger partial charge in [0.2, 0.25) is 0 Å². The molecule has 1 heterocycles. The van der Waals surface area contributed by atoms with E-state index in [1.165, 1.54) is 7.11 Å². The van der Waals surface area contributed by atoms with Crippen molar-refractivity contribution >= 4 is 38.5 Å². The first-order valence-corrected chi connectivity index (χ1v) is 6.23. The summed E-state index contributed by atoms with van der Waals surface area (Å²) in [4.78, 5) is 15.8. The van der Waals surface area contributed by atoms with Gasteiger partial charge in [-0.15, -0.1) is 0 Å². The van der Waals surface area contributed by atoms with Crippen molar-refractivity contribution in [3.05, 3.63) is 33.9 Å². The number of halogens is 1. The van der Waals surface area contributed by atoms with Gasteiger partial charge in [0, 0.05) is 26.8 Å². The molecule has 0 aliphatic heterocycles. The fraction of sp³-hybridized carbons (Fsp3) is 0.231. The lowest BCUT2D eigenvalue weighted by Gasteiger charge is -2.11. The summed E-state index contributed by atoms with van der Waals surface area (Å²) in [7, 11) is 1.36. The molecule has 2 N–H and O–H groups in total. The van der Waals surface area contributed by atoms with Crippen LogP contribution in [0.1, 0.15) is 11.3 Å². The fourth-order valence-electron chi connectivity index (χ4n) is 1.87. The first-order chi connectivity index (χ1) is 8.52. The number of hydrogen-bond donors (Lipinski definition) is 1. The van der Waals surface area contributed by atoms with Crippen LogP contribution >= 0.6 is 15.9 Å². The number of nitrogen functional groups attached to an aromatic ring is 1. The molecule has 0 spiro atoms. The lowest BCUT2D eigenvalue weighted by molar-refractivity contribution is -0.139. The molecule has 2 aromatic rings. The Bertz CT molecular complexity index is 626. The molecule has 18 heavy (non-hydrogen) atoms. The summed E-state index contributed by atoms with van der Waals surface area (Å²) in [5.41, 5.74) is 9.02. The van der Waals surface area contributed by atoms with Crippen LogP contribution in [-0.4, -0.2) is 18.1 Å². The number of anilines is 1. The lowest BCUT2D eigenvalue weighted by Crippen LogP contribution is -2.10. The van der Waals surface area contributed by atoms with Gasteiger partial charge in [-0.05, 0) is 25.1 Å². The molecule has 0 amide bonds. The van der Waals surface area contributed by atoms with Gasteiger partial charge in [-0.25, -0.2) is 0 Å². The number of carbonyl (C=O) groups is 1. The monoisotopic (exact) mass is 308 g/mol. The number of hydrogen-bond acceptors (Lipinski definition) is 4. The molecule has 1 aromatic heterocycles. The number of aromatic nitrogens is 1. The molecule has 0 fully saturated rings. The van der Waals surface area contributed by atoms with E-state index < -0.39 is 0 Å². The highest BCUT2D eigenvalue weighted by atomic mass is 79.9. The Hall–Kier alpha value is -1.62. The quantitative estimate of drug-likeness (QED) is 0.866. The minimum Gasteiger partial charge on any atom is -0.469 e. The number of benzene rings is 1. The van der Waals surface area contributed by atoms with E-state index in [9.17, 15) is 4.79 Å². The summed E-state index contributed by atoms with van der Waals surface area (Å²) in [6, 6.07) is 5.71. The van der Waals surface area contributed by atoms with Crippen molar-refractivity contribution in [1.29, 1.82) is 0 Å². The SMILES string of the molecule is COC(=O)Cc1c(C)nc2ccc(Br)cc2c1N. The van der Waals surface area contributed by atoms with Gasteiger partial charge >= 0.3 is 5.97 Å². The fourth-order valence-corrected chi connectivity index (χ4v) is 2.23. The molecule has 5 heteroatoms. The second kappa shape index (κ2) is 4.94. The molecule has 0 aliphatic carbocycles. The van der Waals surface area contributed by atoms with Crippen LogP contribution in [0.25, 0.3) is 10.9 Å². The highest BCUT2D eigenvalue weighted by molar-refractivity contribution is 9.10. The zero-order valence-corrected chi connectivity index (χ0v) is 11.7. The van der Waals surface area contributed by atoms with Crippen molar-refractivity contribution in [2.75, 3.05) is 12.8 Å². The van der Waals surface area contributed by atoms with Gasteiger partial charge in [0.15, 0.2) is 0 Å². The van der Waals surface area contributed by atoms with Crippen LogP contribution in [0.15, 0.2) is 22.7 Å². The average Bonchev–Trinajstić information content (AvgIpc) is 2.35. The zero-order valence-electron chi connectivity index (χ0n) is 10.2. The van der Waals surface area contributed by atoms with Crippen LogP contribution in [0.5, 0.6) is 0 Å². The second-order valence-corrected chi connectivity index (χ2v) is 4.92. The van der Waals surface area contributed by atoms with Gasteiger partial charge < -0.3 is 10.5 Å². The molecule has 0 saturated carbocycles. The van der Waals surface area contributed by atoms with Crippen molar-refractivity contribution in [3.63, 3.8) is 0 Å². The molecule has 0 bridgehead atoms. The maximum absolute atomic E-state index is 11.4. The van der Waals surface area contributed by atoms with Gasteiger partial charge in [-0.3, -0.25) is 9.78 Å². The van der Waals surface area contributed by atoms with Gasteiger partial charge in [-0.1, -0.05) is 15.9 Å². The zero-order chi connectivity index (χ0) is 13.3. The summed E-state index contributed by atoms with van der Waals surface area (Å²) in [5.74, 6) is -0.319. The third kappa shape index (κ3) is 2.31. The molecule has 4 nitrogen and oxygen atoms in total. The maximum atomic E-state index is 11.4. The third-order valence-corrected chi connectivity index (χ3v) is 3.34. The van der Waals surface area contributed by atoms with E-state index in [2.05, 4.69) is 25.7 Å². The Kier molecular flexibility index (Phi) is 3.52. The largest absolute Gasteiger partial charge is 0.469 e. The highest BCUT2D eigenvalue weighted by Gasteiger charge is 2.14. The summed E-state index contributed by atoms with van der Waals surface area (Å²) in [6.45, 7) is 1.84. The number of nitrogens with two attached hydrogens (primary N) is 1. The summed E-state index contributed by atoms with van der Waals surface area (Å²) in [6.07, 6.45) is 0.142. The van der Waals surface area contributed by atoms with Gasteiger partial charge in [0.25, 0.3) is 0 Å². The number of aryl methyl sites for hydroxylation is 1. The van der Waals surface area contributed by atoms with E-state index in [-0.39, 0.29) is 12.4 Å². The summed E-state index contributed by atoms with van der Waals surface area (Å²) < 4.78 is 5.60. The van der Waals surface area contributed by atoms with E-state index in [0.717, 1.165) is 26.6 Å². The standard InChI is InChI=1S/C13H13BrN2O2/c1-7-9(6-12(17)18-2)13(15)10-5-8(14)3-4-11(10)16-7/h3-5H,6H2,1-2H3,(H2,15,16). The molecule has 94 valence electrons. The Balaban J connectivity index is 2.63. The van der Waals surface area contributed by atoms with E-state index in [4.69, 9.17) is 5.73 Å². The maximum Gasteiger partial charge on any atom is 0.310 e. The average molecular weight is 309 g/mol. The summed E-state index contributed by atoms with van der Waals surface area (Å²) >= 11 is 3.40. The number of esters is 1. The lowest BCUT2D eigenvalue weighted by atomic mass is 10.0. The van der Waals surface area contributed by atoms with Crippen molar-refractivity contribution in [2.45, 2.75) is 13.3 Å². The first-order valence-electron chi connectivity index (χ1n) is 5.44. The summed E-state index contributed by atoms with van der Waals surface area (Å²) in [5, 5.41) is 0.842. The van der Waals surface area contributed by atoms with E-state index in [1.807, 2.05) is 25.1 Å². The highest BCUT2D eigenvalue weighted by Crippen LogP contribution is 2.28. The Morgan fingerprint density at radius 1 is 1.50 bits per heavy atom. The van der Waals surface area contributed by atoms with E-state index >= 15 is 0 Å². The van der Waals surface area contributed by atoms with Crippen molar-refractivity contribution in [3.8, 4) is 0 Å². The van der Waals surface area contributed by atoms with Crippen LogP contribution in [0.3, 0.4) is 0 Å². The number of rotatable bonds is 2. The van der Waals surface area contributed by atoms with E-state index in [1.54, 1.807) is 0 Å². The van der Waals surface area contributed by atoms with Crippen LogP contribution in [0.2, 0.25) is 0 Å². The molecule has 1 aromatic carbocycles. The van der Waals surface area contributed by atoms with Crippen molar-refractivity contribution in [1.82, 2.24) is 4.98 Å². The minimum absolute atomic E-state index is 0.142. The van der Waals surface area contributed by atoms with Crippen LogP contribution in [0, 0.1) is 6.92 Å². The van der Waals surface area contributed by atoms with Crippen LogP contribution in [-0.2, 0) is 16.0 Å². The van der Waals surface area contributed by atoms with Crippen LogP contribution < -0.4 is 5.73 Å². The Labute approximate surface area is 113 Å². The molecule has 0 saturated heterocycles. The molecular weight excluding hydrogens is 296 g/mol. The molecule has 2 rings (SSSR count). The predicted molar refractivity (Wildman–Crippen MR) is 74.3 cm³/mol. The van der Waals surface area contributed by atoms with Crippen molar-refractivity contribution in [2.24, 2.45) is 0 Å². The number of nitrogens with zero attached hydrogens (tertiary/aromatic N) is 1. The van der Waals surface area contributed by atoms with Gasteiger partial charge in [-0.2, -0.15) is 0 Å². The molecule has 0 aliphatic rings. The smallest absolute Gasteiger partial charge is 0.310 e. The molecular formula is C13H13BrN2O2. The number of pyridine rings is 1. The topological polar surface area (TPSA) is 65.2 Å². The Morgan fingerprint density at radius 2 is 2.22 bits per heavy atom. The first kappa shape index (κ1) is 12.8. The Morgan fingerprint density at radius 3 is 2.89 bits per heavy atom. The number of fused-ring (bicyclic) bond motifs is 1. The van der Waals surface area contributed by atoms with Crippen molar-refractivity contribution < 1.29 is 9.53 Å². The molecule has 0 atom stereocenters. The second-order valence-electron chi connectivity index (χ2n) is 4.00. The molecule has 0 unspecified atom stereocenters. The predicted octanol–water partition coefficient (Wildman–Crippen LogP) is 2.60. The minimum atomic E-state index is -0.319. The van der Waals surface area contributed by atoms with Gasteiger partial charge in [0.1, 0.15) is 0 Å². The number of methoxy groups -OCH3 is 1. The van der Waals surface area contributed by atoms with Gasteiger partial charge in [0.05, 0.1) is 19.0 Å². The third-order valence-electron chi connectivity index (χ3n) is 2.85. The van der Waals surface area contributed by atoms with E-state index in [0.29, 0.717) is 5.69 Å². The van der Waals surface area contributed by atoms with Crippen LogP contribution in [0.4, 0.5) is 5.69 Å². The number of ether oxygens (including phenoxy) is 1.